The van der Waals surface area contributed by atoms with Gasteiger partial charge >= 0.3 is 5.97 Å². The topological polar surface area (TPSA) is 127 Å². The summed E-state index contributed by atoms with van der Waals surface area (Å²) in [6, 6.07) is 13.0. The van der Waals surface area contributed by atoms with Crippen LogP contribution in [-0.4, -0.2) is 98.5 Å². The molecule has 5 rings (SSSR count). The van der Waals surface area contributed by atoms with Gasteiger partial charge in [-0.15, -0.1) is 12.4 Å². The molecule has 3 N–H and O–H groups in total. The number of β-amino-alcohol motifs (C(OH)–C–C–N with tert-alkyl or cyclic N) is 1. The molecule has 0 bridgehead atoms. The lowest BCUT2D eigenvalue weighted by Crippen LogP contribution is -2.48. The van der Waals surface area contributed by atoms with E-state index in [1.165, 1.54) is 55.6 Å². The minimum absolute atomic E-state index is 0. The Kier molecular flexibility index (Phi) is 14.7. The monoisotopic (exact) mass is 807 g/mol. The molecular formula is C39H46Cl3F2N5O5. The molecule has 3 aromatic carbocycles. The van der Waals surface area contributed by atoms with Gasteiger partial charge in [-0.1, -0.05) is 62.2 Å². The molecule has 0 unspecified atom stereocenters. The number of nitrogens with one attached hydrogen (secondary N) is 2. The molecule has 54 heavy (non-hydrogen) atoms. The first kappa shape index (κ1) is 43.2. The number of nitriles is 1. The van der Waals surface area contributed by atoms with E-state index in [4.69, 9.17) is 37.8 Å². The molecule has 2 saturated heterocycles. The van der Waals surface area contributed by atoms with Crippen LogP contribution in [-0.2, 0) is 14.9 Å². The number of carbonyl (C=O) groups excluding carboxylic acids is 2. The average Bonchev–Trinajstić information content (AvgIpc) is 3.43. The summed E-state index contributed by atoms with van der Waals surface area (Å²) >= 11 is 12.4. The van der Waals surface area contributed by atoms with Crippen molar-refractivity contribution in [1.29, 1.82) is 5.26 Å². The number of hydrogen-bond donors (Lipinski definition) is 3. The number of anilines is 1. The number of nitrogens with zero attached hydrogens (tertiary/aromatic N) is 3. The highest BCUT2D eigenvalue weighted by Crippen LogP contribution is 2.53. The zero-order valence-corrected chi connectivity index (χ0v) is 33.0. The third-order valence-corrected chi connectivity index (χ3v) is 10.5. The van der Waals surface area contributed by atoms with Gasteiger partial charge < -0.3 is 25.2 Å². The van der Waals surface area contributed by atoms with Crippen molar-refractivity contribution in [3.63, 3.8) is 0 Å². The van der Waals surface area contributed by atoms with Crippen LogP contribution in [0.3, 0.4) is 0 Å². The predicted octanol–water partition coefficient (Wildman–Crippen LogP) is 6.43. The van der Waals surface area contributed by atoms with E-state index in [1.807, 2.05) is 20.8 Å². The number of esters is 1. The van der Waals surface area contributed by atoms with Gasteiger partial charge in [0.2, 0.25) is 5.91 Å². The fourth-order valence-electron chi connectivity index (χ4n) is 7.42. The first-order valence-electron chi connectivity index (χ1n) is 17.5. The largest absolute Gasteiger partial charge is 0.495 e. The second-order valence-electron chi connectivity index (χ2n) is 14.6. The smallest absolute Gasteiger partial charge is 0.338 e. The van der Waals surface area contributed by atoms with E-state index >= 15 is 8.78 Å². The summed E-state index contributed by atoms with van der Waals surface area (Å²) in [5.74, 6) is -3.90. The summed E-state index contributed by atoms with van der Waals surface area (Å²) in [7, 11) is 1.39. The molecule has 0 spiro atoms. The number of rotatable bonds is 12. The number of halogens is 5. The molecule has 0 radical (unpaired) electrons. The minimum atomic E-state index is -1.79. The van der Waals surface area contributed by atoms with Crippen molar-refractivity contribution in [3.8, 4) is 11.8 Å². The first-order valence-corrected chi connectivity index (χ1v) is 18.3. The number of ether oxygens (including phenoxy) is 2. The predicted molar refractivity (Wildman–Crippen MR) is 207 cm³/mol. The van der Waals surface area contributed by atoms with Crippen molar-refractivity contribution in [1.82, 2.24) is 15.1 Å². The molecule has 0 aliphatic carbocycles. The van der Waals surface area contributed by atoms with Crippen LogP contribution in [0.4, 0.5) is 14.5 Å². The van der Waals surface area contributed by atoms with Gasteiger partial charge in [-0.2, -0.15) is 5.26 Å². The van der Waals surface area contributed by atoms with Crippen LogP contribution in [0.2, 0.25) is 10.0 Å². The highest BCUT2D eigenvalue weighted by Gasteiger charge is 2.61. The summed E-state index contributed by atoms with van der Waals surface area (Å²) in [6.45, 7) is 10.6. The van der Waals surface area contributed by atoms with Crippen LogP contribution in [0.1, 0.15) is 54.6 Å². The maximum Gasteiger partial charge on any atom is 0.338 e. The SMILES string of the molecule is COc1cc(C(=O)OCCN2CCN(CCO)CC2)ccc1NC(=O)[C@@H]1N[C@@H](CC(C)(C)C)[C@](C#N)(c2ccc(Cl)cc2F)[C@H]1c1cccc(Cl)c1F.Cl. The van der Waals surface area contributed by atoms with Gasteiger partial charge in [-0.05, 0) is 53.8 Å². The highest BCUT2D eigenvalue weighted by atomic mass is 35.5. The van der Waals surface area contributed by atoms with E-state index in [2.05, 4.69) is 26.5 Å². The van der Waals surface area contributed by atoms with Gasteiger partial charge in [0.25, 0.3) is 0 Å². The van der Waals surface area contributed by atoms with E-state index in [-0.39, 0.29) is 63.8 Å². The van der Waals surface area contributed by atoms with Gasteiger partial charge in [-0.25, -0.2) is 13.6 Å². The molecule has 0 saturated carbocycles. The number of methoxy groups -OCH3 is 1. The first-order chi connectivity index (χ1) is 25.2. The highest BCUT2D eigenvalue weighted by molar-refractivity contribution is 6.31. The third kappa shape index (κ3) is 9.45. The number of aliphatic hydroxyl groups excluding tert-OH is 1. The Bertz CT molecular complexity index is 1850. The second kappa shape index (κ2) is 18.4. The van der Waals surface area contributed by atoms with Crippen molar-refractivity contribution in [2.24, 2.45) is 5.41 Å². The zero-order chi connectivity index (χ0) is 38.5. The second-order valence-corrected chi connectivity index (χ2v) is 15.5. The molecule has 3 aromatic rings. The van der Waals surface area contributed by atoms with Crippen LogP contribution in [0.5, 0.6) is 5.75 Å². The average molecular weight is 809 g/mol. The number of aliphatic hydroxyl groups is 1. The van der Waals surface area contributed by atoms with Crippen molar-refractivity contribution < 1.29 is 33.0 Å². The van der Waals surface area contributed by atoms with E-state index in [1.54, 1.807) is 0 Å². The maximum atomic E-state index is 16.0. The van der Waals surface area contributed by atoms with E-state index in [0.29, 0.717) is 19.5 Å². The lowest BCUT2D eigenvalue weighted by Gasteiger charge is -2.37. The number of benzene rings is 3. The molecular weight excluding hydrogens is 763 g/mol. The van der Waals surface area contributed by atoms with Gasteiger partial charge in [0.05, 0.1) is 42.1 Å². The zero-order valence-electron chi connectivity index (χ0n) is 30.6. The third-order valence-electron chi connectivity index (χ3n) is 9.95. The van der Waals surface area contributed by atoms with E-state index in [9.17, 15) is 14.9 Å². The molecule has 2 fully saturated rings. The molecule has 292 valence electrons. The maximum absolute atomic E-state index is 16.0. The quantitative estimate of drug-likeness (QED) is 0.178. The van der Waals surface area contributed by atoms with Crippen LogP contribution >= 0.6 is 35.6 Å². The standard InChI is InChI=1S/C39H45Cl2F2N5O5.ClH/c1-38(2,3)22-32-39(23-44,27-10-9-25(40)21-29(27)42)33(26-6-5-7-28(41)34(26)43)35(46-32)36(50)45-30-11-8-24(20-31(30)52-4)37(51)53-19-17-48-14-12-47(13-15-48)16-18-49;/h5-11,20-21,32-33,35,46,49H,12-19,22H2,1-4H3,(H,45,50);1H/t32-,33-,35+,39-;/m0./s1. The number of carbonyl (C=O) groups is 2. The summed E-state index contributed by atoms with van der Waals surface area (Å²) in [6.07, 6.45) is 0.311. The Morgan fingerprint density at radius 3 is 2.35 bits per heavy atom. The number of hydrogen-bond acceptors (Lipinski definition) is 9. The molecule has 2 aliphatic heterocycles. The minimum Gasteiger partial charge on any atom is -0.495 e. The van der Waals surface area contributed by atoms with Crippen molar-refractivity contribution in [2.75, 3.05) is 64.9 Å². The lowest BCUT2D eigenvalue weighted by atomic mass is 9.62. The molecule has 0 aromatic heterocycles. The number of piperazine rings is 1. The van der Waals surface area contributed by atoms with Crippen molar-refractivity contribution >= 4 is 53.2 Å². The molecule has 15 heteroatoms. The van der Waals surface area contributed by atoms with Crippen LogP contribution in [0.25, 0.3) is 0 Å². The van der Waals surface area contributed by atoms with E-state index in [0.717, 1.165) is 32.2 Å². The fraction of sp³-hybridized carbons (Fsp3) is 0.462. The molecule has 2 aliphatic rings. The molecule has 1 amide bonds. The molecule has 10 nitrogen and oxygen atoms in total. The van der Waals surface area contributed by atoms with Crippen LogP contribution in [0, 0.1) is 28.4 Å². The normalized spacial score (nSPS) is 21.9. The van der Waals surface area contributed by atoms with Gasteiger partial charge in [0.15, 0.2) is 0 Å². The summed E-state index contributed by atoms with van der Waals surface area (Å²) in [5, 5.41) is 26.3. The summed E-state index contributed by atoms with van der Waals surface area (Å²) < 4.78 is 43.1. The Balaban J connectivity index is 0.00000650. The Morgan fingerprint density at radius 2 is 1.74 bits per heavy atom. The Hall–Kier alpha value is -3.54. The van der Waals surface area contributed by atoms with E-state index < -0.39 is 52.3 Å². The van der Waals surface area contributed by atoms with Gasteiger partial charge in [0, 0.05) is 61.8 Å². The van der Waals surface area contributed by atoms with Gasteiger partial charge in [-0.3, -0.25) is 14.6 Å². The summed E-state index contributed by atoms with van der Waals surface area (Å²) in [4.78, 5) is 31.7. The Labute approximate surface area is 331 Å². The Morgan fingerprint density at radius 1 is 1.06 bits per heavy atom. The van der Waals surface area contributed by atoms with Crippen molar-refractivity contribution in [2.45, 2.75) is 50.6 Å². The summed E-state index contributed by atoms with van der Waals surface area (Å²) in [5.41, 5.74) is -1.85. The van der Waals surface area contributed by atoms with Crippen molar-refractivity contribution in [3.05, 3.63) is 93.0 Å². The number of amides is 1. The fourth-order valence-corrected chi connectivity index (χ4v) is 7.76. The molecule has 2 heterocycles. The van der Waals surface area contributed by atoms with Crippen LogP contribution in [0.15, 0.2) is 54.6 Å². The van der Waals surface area contributed by atoms with Gasteiger partial charge in [0.1, 0.15) is 29.4 Å². The van der Waals surface area contributed by atoms with Crippen LogP contribution < -0.4 is 15.4 Å². The molecule has 4 atom stereocenters. The lowest BCUT2D eigenvalue weighted by molar-refractivity contribution is -0.118.